The molecule has 2 aromatic carbocycles. The average Bonchev–Trinajstić information content (AvgIpc) is 3.25. The number of anilines is 1. The molecule has 1 N–H and O–H groups in total. The zero-order chi connectivity index (χ0) is 18.1. The third kappa shape index (κ3) is 3.14. The van der Waals surface area contributed by atoms with E-state index >= 15 is 0 Å². The normalized spacial score (nSPS) is 11.0. The predicted molar refractivity (Wildman–Crippen MR) is 110 cm³/mol. The van der Waals surface area contributed by atoms with Crippen LogP contribution in [0.5, 0.6) is 0 Å². The molecule has 4 aromatic rings. The second-order valence-electron chi connectivity index (χ2n) is 6.11. The zero-order valence-electron chi connectivity index (χ0n) is 14.2. The number of carbonyl (C=O) groups excluding carboxylic acids is 1. The van der Waals surface area contributed by atoms with Gasteiger partial charge in [-0.3, -0.25) is 4.79 Å². The fraction of sp³-hybridized carbons (Fsp3) is 0.0952. The molecule has 3 nitrogen and oxygen atoms in total. The Morgan fingerprint density at radius 3 is 2.58 bits per heavy atom. The van der Waals surface area contributed by atoms with Crippen LogP contribution < -0.4 is 5.32 Å². The number of rotatable bonds is 4. The Hall–Kier alpha value is -2.56. The molecule has 2 heterocycles. The van der Waals surface area contributed by atoms with E-state index < -0.39 is 0 Å². The zero-order valence-corrected chi connectivity index (χ0v) is 15.8. The Kier molecular flexibility index (Phi) is 4.53. The number of amides is 1. The standard InChI is InChI=1S/C21H17ClN2OS/c1-24-17-6-3-2-5-16(17)21(19-7-4-12-26-19)18(24)13-20(25)23-15-10-8-14(22)9-11-15/h2-12H,13H2,1H3,(H,23,25). The van der Waals surface area contributed by atoms with Crippen molar-refractivity contribution in [3.8, 4) is 10.4 Å². The van der Waals surface area contributed by atoms with Gasteiger partial charge in [0, 0.05) is 44.8 Å². The summed E-state index contributed by atoms with van der Waals surface area (Å²) >= 11 is 7.60. The molecule has 0 bridgehead atoms. The molecule has 0 spiro atoms. The molecule has 0 fully saturated rings. The molecule has 5 heteroatoms. The number of hydrogen-bond donors (Lipinski definition) is 1. The third-order valence-electron chi connectivity index (χ3n) is 4.45. The predicted octanol–water partition coefficient (Wildman–Crippen LogP) is 5.74. The largest absolute Gasteiger partial charge is 0.347 e. The van der Waals surface area contributed by atoms with Crippen LogP contribution in [0.15, 0.2) is 66.0 Å². The van der Waals surface area contributed by atoms with Gasteiger partial charge in [0.05, 0.1) is 6.42 Å². The second-order valence-corrected chi connectivity index (χ2v) is 7.49. The van der Waals surface area contributed by atoms with Gasteiger partial charge in [0.2, 0.25) is 5.91 Å². The fourth-order valence-corrected chi connectivity index (χ4v) is 4.17. The molecule has 0 saturated carbocycles. The molecule has 130 valence electrons. The molecule has 2 aromatic heterocycles. The molecule has 0 saturated heterocycles. The van der Waals surface area contributed by atoms with E-state index in [9.17, 15) is 4.79 Å². The molecular formula is C21H17ClN2OS. The molecule has 0 unspecified atom stereocenters. The summed E-state index contributed by atoms with van der Waals surface area (Å²) in [6, 6.07) is 19.6. The van der Waals surface area contributed by atoms with Gasteiger partial charge < -0.3 is 9.88 Å². The van der Waals surface area contributed by atoms with E-state index in [1.54, 1.807) is 23.5 Å². The topological polar surface area (TPSA) is 34.0 Å². The maximum absolute atomic E-state index is 12.7. The van der Waals surface area contributed by atoms with E-state index in [4.69, 9.17) is 11.6 Å². The van der Waals surface area contributed by atoms with Gasteiger partial charge in [0.15, 0.2) is 0 Å². The minimum absolute atomic E-state index is 0.0453. The number of hydrogen-bond acceptors (Lipinski definition) is 2. The maximum Gasteiger partial charge on any atom is 0.230 e. The summed E-state index contributed by atoms with van der Waals surface area (Å²) in [4.78, 5) is 13.8. The smallest absolute Gasteiger partial charge is 0.230 e. The first-order valence-corrected chi connectivity index (χ1v) is 9.55. The summed E-state index contributed by atoms with van der Waals surface area (Å²) in [5.74, 6) is -0.0453. The van der Waals surface area contributed by atoms with Crippen LogP contribution in [-0.2, 0) is 18.3 Å². The van der Waals surface area contributed by atoms with Crippen LogP contribution in [0, 0.1) is 0 Å². The van der Waals surface area contributed by atoms with Gasteiger partial charge in [-0.2, -0.15) is 0 Å². The molecular weight excluding hydrogens is 364 g/mol. The van der Waals surface area contributed by atoms with Crippen LogP contribution in [0.3, 0.4) is 0 Å². The summed E-state index contributed by atoms with van der Waals surface area (Å²) in [7, 11) is 2.02. The van der Waals surface area contributed by atoms with E-state index in [-0.39, 0.29) is 5.91 Å². The van der Waals surface area contributed by atoms with Crippen molar-refractivity contribution in [3.63, 3.8) is 0 Å². The fourth-order valence-electron chi connectivity index (χ4n) is 3.24. The average molecular weight is 381 g/mol. The summed E-state index contributed by atoms with van der Waals surface area (Å²) in [5, 5.41) is 6.84. The number of aryl methyl sites for hydroxylation is 1. The van der Waals surface area contributed by atoms with Crippen molar-refractivity contribution in [1.29, 1.82) is 0 Å². The maximum atomic E-state index is 12.7. The monoisotopic (exact) mass is 380 g/mol. The Bertz CT molecular complexity index is 1070. The first-order valence-electron chi connectivity index (χ1n) is 8.29. The van der Waals surface area contributed by atoms with Gasteiger partial charge in [-0.25, -0.2) is 0 Å². The highest BCUT2D eigenvalue weighted by atomic mass is 35.5. The Labute approximate surface area is 160 Å². The summed E-state index contributed by atoms with van der Waals surface area (Å²) < 4.78 is 2.12. The lowest BCUT2D eigenvalue weighted by atomic mass is 10.1. The van der Waals surface area contributed by atoms with Crippen molar-refractivity contribution in [1.82, 2.24) is 4.57 Å². The SMILES string of the molecule is Cn1c(CC(=O)Nc2ccc(Cl)cc2)c(-c2cccs2)c2ccccc21. The van der Waals surface area contributed by atoms with Gasteiger partial charge in [0.25, 0.3) is 0 Å². The summed E-state index contributed by atoms with van der Waals surface area (Å²) in [6.07, 6.45) is 0.307. The molecule has 0 aliphatic carbocycles. The summed E-state index contributed by atoms with van der Waals surface area (Å²) in [5.41, 5.74) is 4.03. The van der Waals surface area contributed by atoms with Crippen molar-refractivity contribution in [2.24, 2.45) is 7.05 Å². The Morgan fingerprint density at radius 2 is 1.85 bits per heavy atom. The highest BCUT2D eigenvalue weighted by molar-refractivity contribution is 7.13. The van der Waals surface area contributed by atoms with Crippen molar-refractivity contribution in [2.45, 2.75) is 6.42 Å². The number of benzene rings is 2. The van der Waals surface area contributed by atoms with Crippen molar-refractivity contribution in [3.05, 3.63) is 76.8 Å². The van der Waals surface area contributed by atoms with Crippen LogP contribution in [-0.4, -0.2) is 10.5 Å². The molecule has 0 atom stereocenters. The van der Waals surface area contributed by atoms with Crippen molar-refractivity contribution in [2.75, 3.05) is 5.32 Å². The summed E-state index contributed by atoms with van der Waals surface area (Å²) in [6.45, 7) is 0. The molecule has 26 heavy (non-hydrogen) atoms. The van der Waals surface area contributed by atoms with E-state index in [1.807, 2.05) is 37.4 Å². The van der Waals surface area contributed by atoms with Crippen LogP contribution in [0.25, 0.3) is 21.3 Å². The first kappa shape index (κ1) is 16.9. The number of aromatic nitrogens is 1. The molecule has 1 amide bonds. The van der Waals surface area contributed by atoms with Gasteiger partial charge in [-0.15, -0.1) is 11.3 Å². The Balaban J connectivity index is 1.71. The highest BCUT2D eigenvalue weighted by Gasteiger charge is 2.19. The lowest BCUT2D eigenvalue weighted by Crippen LogP contribution is -2.16. The van der Waals surface area contributed by atoms with E-state index in [0.29, 0.717) is 11.4 Å². The highest BCUT2D eigenvalue weighted by Crippen LogP contribution is 2.37. The molecule has 4 rings (SSSR count). The van der Waals surface area contributed by atoms with Crippen LogP contribution >= 0.6 is 22.9 Å². The number of halogens is 1. The number of fused-ring (bicyclic) bond motifs is 1. The van der Waals surface area contributed by atoms with Crippen LogP contribution in [0.2, 0.25) is 5.02 Å². The molecule has 0 radical (unpaired) electrons. The second kappa shape index (κ2) is 6.98. The lowest BCUT2D eigenvalue weighted by molar-refractivity contribution is -0.115. The van der Waals surface area contributed by atoms with E-state index in [2.05, 4.69) is 33.5 Å². The number of carbonyl (C=O) groups is 1. The van der Waals surface area contributed by atoms with E-state index in [1.165, 1.54) is 10.3 Å². The Morgan fingerprint density at radius 1 is 1.08 bits per heavy atom. The lowest BCUT2D eigenvalue weighted by Gasteiger charge is -2.09. The quantitative estimate of drug-likeness (QED) is 0.481. The van der Waals surface area contributed by atoms with Gasteiger partial charge >= 0.3 is 0 Å². The molecule has 0 aliphatic heterocycles. The van der Waals surface area contributed by atoms with Crippen LogP contribution in [0.4, 0.5) is 5.69 Å². The number of para-hydroxylation sites is 1. The minimum atomic E-state index is -0.0453. The van der Waals surface area contributed by atoms with E-state index in [0.717, 1.165) is 22.5 Å². The van der Waals surface area contributed by atoms with Crippen molar-refractivity contribution < 1.29 is 4.79 Å². The van der Waals surface area contributed by atoms with Gasteiger partial charge in [0.1, 0.15) is 0 Å². The molecule has 0 aliphatic rings. The van der Waals surface area contributed by atoms with Crippen LogP contribution in [0.1, 0.15) is 5.69 Å². The minimum Gasteiger partial charge on any atom is -0.347 e. The number of nitrogens with one attached hydrogen (secondary N) is 1. The van der Waals surface area contributed by atoms with Gasteiger partial charge in [-0.1, -0.05) is 35.9 Å². The van der Waals surface area contributed by atoms with Gasteiger partial charge in [-0.05, 0) is 41.8 Å². The first-order chi connectivity index (χ1) is 12.6. The van der Waals surface area contributed by atoms with Crippen molar-refractivity contribution >= 4 is 45.4 Å². The number of nitrogens with zero attached hydrogens (tertiary/aromatic N) is 1. The number of thiophene rings is 1. The third-order valence-corrected chi connectivity index (χ3v) is 5.59.